The molecule has 0 N–H and O–H groups in total. The molecular weight excluding hydrogens is 332 g/mol. The molecule has 1 aromatic rings. The molecular formula is C16H18N2O5S. The van der Waals surface area contributed by atoms with Gasteiger partial charge >= 0.3 is 5.97 Å². The number of amides is 1. The molecule has 0 spiro atoms. The van der Waals surface area contributed by atoms with Crippen LogP contribution in [0.15, 0.2) is 24.3 Å². The molecule has 2 fully saturated rings. The van der Waals surface area contributed by atoms with Crippen molar-refractivity contribution < 1.29 is 19.2 Å². The van der Waals surface area contributed by atoms with Gasteiger partial charge in [0, 0.05) is 29.8 Å². The minimum absolute atomic E-state index is 0.00528. The fourth-order valence-electron chi connectivity index (χ4n) is 3.24. The van der Waals surface area contributed by atoms with Gasteiger partial charge in [0.1, 0.15) is 12.6 Å². The van der Waals surface area contributed by atoms with Crippen LogP contribution in [0.4, 0.5) is 5.69 Å². The number of thioether (sulfide) groups is 1. The molecule has 3 atom stereocenters. The van der Waals surface area contributed by atoms with E-state index in [0.29, 0.717) is 12.0 Å². The standard InChI is InChI=1S/C16H18N2O5S/c1-2-24-13-7-12-8-14(19)17(12)15(13)16(20)23-9-10-3-5-11(6-4-10)18(21)22/h3-6,12-13,15H,2,7-9H2,1H3/t12?,13-,15+/m0/s1. The van der Waals surface area contributed by atoms with Crippen molar-refractivity contribution in [1.82, 2.24) is 4.90 Å². The SMILES string of the molecule is CCS[C@H]1CC2CC(=O)N2[C@H]1C(=O)OCc1ccc([N+](=O)[O-])cc1. The molecule has 0 aliphatic carbocycles. The minimum Gasteiger partial charge on any atom is -0.459 e. The van der Waals surface area contributed by atoms with E-state index >= 15 is 0 Å². The minimum atomic E-state index is -0.515. The maximum atomic E-state index is 12.5. The molecule has 2 aliphatic rings. The summed E-state index contributed by atoms with van der Waals surface area (Å²) in [6, 6.07) is 5.54. The van der Waals surface area contributed by atoms with Crippen molar-refractivity contribution in [2.24, 2.45) is 0 Å². The number of nitro groups is 1. The summed E-state index contributed by atoms with van der Waals surface area (Å²) in [5, 5.41) is 10.7. The van der Waals surface area contributed by atoms with Crippen LogP contribution in [-0.4, -0.2) is 44.8 Å². The van der Waals surface area contributed by atoms with E-state index in [4.69, 9.17) is 4.74 Å². The average molecular weight is 350 g/mol. The van der Waals surface area contributed by atoms with Crippen molar-refractivity contribution in [3.63, 3.8) is 0 Å². The number of ether oxygens (including phenoxy) is 1. The van der Waals surface area contributed by atoms with Crippen molar-refractivity contribution in [3.8, 4) is 0 Å². The Balaban J connectivity index is 1.62. The zero-order valence-corrected chi connectivity index (χ0v) is 14.0. The quantitative estimate of drug-likeness (QED) is 0.338. The second-order valence-corrected chi connectivity index (χ2v) is 7.38. The molecule has 1 aromatic carbocycles. The van der Waals surface area contributed by atoms with E-state index < -0.39 is 16.9 Å². The first-order chi connectivity index (χ1) is 11.5. The molecule has 1 unspecified atom stereocenters. The molecule has 24 heavy (non-hydrogen) atoms. The van der Waals surface area contributed by atoms with Crippen LogP contribution in [0.2, 0.25) is 0 Å². The van der Waals surface area contributed by atoms with Crippen molar-refractivity contribution in [2.75, 3.05) is 5.75 Å². The highest BCUT2D eigenvalue weighted by Gasteiger charge is 2.54. The predicted molar refractivity (Wildman–Crippen MR) is 88.5 cm³/mol. The highest BCUT2D eigenvalue weighted by Crippen LogP contribution is 2.41. The number of esters is 1. The highest BCUT2D eigenvalue weighted by molar-refractivity contribution is 7.99. The summed E-state index contributed by atoms with van der Waals surface area (Å²) >= 11 is 1.68. The summed E-state index contributed by atoms with van der Waals surface area (Å²) in [5.74, 6) is 0.497. The number of benzene rings is 1. The van der Waals surface area contributed by atoms with Gasteiger partial charge in [-0.3, -0.25) is 14.9 Å². The lowest BCUT2D eigenvalue weighted by Gasteiger charge is -2.37. The van der Waals surface area contributed by atoms with Crippen molar-refractivity contribution in [3.05, 3.63) is 39.9 Å². The Morgan fingerprint density at radius 3 is 2.71 bits per heavy atom. The number of hydrogen-bond donors (Lipinski definition) is 0. The van der Waals surface area contributed by atoms with Crippen LogP contribution in [0.5, 0.6) is 0 Å². The second-order valence-electron chi connectivity index (χ2n) is 5.86. The Bertz CT molecular complexity index is 663. The predicted octanol–water partition coefficient (Wildman–Crippen LogP) is 2.13. The summed E-state index contributed by atoms with van der Waals surface area (Å²) in [6.45, 7) is 2.07. The molecule has 8 heteroatoms. The van der Waals surface area contributed by atoms with E-state index in [1.165, 1.54) is 12.1 Å². The van der Waals surface area contributed by atoms with Gasteiger partial charge in [-0.05, 0) is 29.9 Å². The molecule has 2 aliphatic heterocycles. The van der Waals surface area contributed by atoms with Crippen molar-refractivity contribution >= 4 is 29.3 Å². The van der Waals surface area contributed by atoms with Crippen LogP contribution >= 0.6 is 11.8 Å². The molecule has 0 bridgehead atoms. The van der Waals surface area contributed by atoms with Crippen LogP contribution in [0.3, 0.4) is 0 Å². The van der Waals surface area contributed by atoms with E-state index in [2.05, 4.69) is 0 Å². The highest BCUT2D eigenvalue weighted by atomic mass is 32.2. The Labute approximate surface area is 143 Å². The van der Waals surface area contributed by atoms with Gasteiger partial charge in [0.2, 0.25) is 5.91 Å². The van der Waals surface area contributed by atoms with Crippen LogP contribution in [0.25, 0.3) is 0 Å². The second kappa shape index (κ2) is 6.80. The lowest BCUT2D eigenvalue weighted by atomic mass is 10.0. The number of nitrogens with zero attached hydrogens (tertiary/aromatic N) is 2. The van der Waals surface area contributed by atoms with E-state index in [1.54, 1.807) is 28.8 Å². The van der Waals surface area contributed by atoms with Crippen LogP contribution in [-0.2, 0) is 20.9 Å². The first-order valence-electron chi connectivity index (χ1n) is 7.84. The fourth-order valence-corrected chi connectivity index (χ4v) is 4.46. The molecule has 0 saturated carbocycles. The normalized spacial score (nSPS) is 25.1. The van der Waals surface area contributed by atoms with Gasteiger partial charge in [0.05, 0.1) is 4.92 Å². The largest absolute Gasteiger partial charge is 0.459 e. The average Bonchev–Trinajstić information content (AvgIpc) is 2.85. The number of carbonyl (C=O) groups excluding carboxylic acids is 2. The van der Waals surface area contributed by atoms with E-state index in [-0.39, 0.29) is 29.5 Å². The van der Waals surface area contributed by atoms with Crippen LogP contribution < -0.4 is 0 Å². The molecule has 128 valence electrons. The zero-order chi connectivity index (χ0) is 17.3. The number of β-lactam (4-membered cyclic amide) rings is 1. The zero-order valence-electron chi connectivity index (χ0n) is 13.2. The van der Waals surface area contributed by atoms with E-state index in [0.717, 1.165) is 12.2 Å². The molecule has 0 radical (unpaired) electrons. The third-order valence-corrected chi connectivity index (χ3v) is 5.61. The summed E-state index contributed by atoms with van der Waals surface area (Å²) < 4.78 is 5.37. The van der Waals surface area contributed by atoms with Crippen LogP contribution in [0, 0.1) is 10.1 Å². The number of carbonyl (C=O) groups is 2. The van der Waals surface area contributed by atoms with Gasteiger partial charge in [-0.1, -0.05) is 6.92 Å². The van der Waals surface area contributed by atoms with Gasteiger partial charge in [-0.15, -0.1) is 0 Å². The molecule has 3 rings (SSSR count). The van der Waals surface area contributed by atoms with Gasteiger partial charge in [-0.25, -0.2) is 4.79 Å². The Morgan fingerprint density at radius 1 is 1.42 bits per heavy atom. The molecule has 2 heterocycles. The molecule has 0 aromatic heterocycles. The smallest absolute Gasteiger partial charge is 0.330 e. The van der Waals surface area contributed by atoms with Crippen molar-refractivity contribution in [1.29, 1.82) is 0 Å². The third kappa shape index (κ3) is 3.10. The van der Waals surface area contributed by atoms with Gasteiger partial charge in [0.15, 0.2) is 0 Å². The summed E-state index contributed by atoms with van der Waals surface area (Å²) in [7, 11) is 0. The van der Waals surface area contributed by atoms with E-state index in [1.807, 2.05) is 6.92 Å². The fraction of sp³-hybridized carbons (Fsp3) is 0.500. The molecule has 1 amide bonds. The number of rotatable bonds is 6. The first-order valence-corrected chi connectivity index (χ1v) is 8.89. The lowest BCUT2D eigenvalue weighted by molar-refractivity contribution is -0.384. The molecule has 7 nitrogen and oxygen atoms in total. The number of hydrogen-bond acceptors (Lipinski definition) is 6. The summed E-state index contributed by atoms with van der Waals surface area (Å²) in [6.07, 6.45) is 1.36. The van der Waals surface area contributed by atoms with Gasteiger partial charge < -0.3 is 9.64 Å². The monoisotopic (exact) mass is 350 g/mol. The Morgan fingerprint density at radius 2 is 2.12 bits per heavy atom. The Hall–Kier alpha value is -2.09. The summed E-state index contributed by atoms with van der Waals surface area (Å²) in [4.78, 5) is 36.1. The number of non-ortho nitro benzene ring substituents is 1. The topological polar surface area (TPSA) is 89.8 Å². The summed E-state index contributed by atoms with van der Waals surface area (Å²) in [5.41, 5.74) is 0.674. The van der Waals surface area contributed by atoms with Crippen molar-refractivity contribution in [2.45, 2.75) is 43.7 Å². The van der Waals surface area contributed by atoms with Gasteiger partial charge in [-0.2, -0.15) is 11.8 Å². The molecule has 2 saturated heterocycles. The Kier molecular flexibility index (Phi) is 4.75. The lowest BCUT2D eigenvalue weighted by Crippen LogP contribution is -2.55. The van der Waals surface area contributed by atoms with E-state index in [9.17, 15) is 19.7 Å². The van der Waals surface area contributed by atoms with Crippen LogP contribution in [0.1, 0.15) is 25.3 Å². The maximum Gasteiger partial charge on any atom is 0.330 e. The number of nitro benzene ring substituents is 1. The maximum absolute atomic E-state index is 12.5. The first kappa shape index (κ1) is 16.8. The van der Waals surface area contributed by atoms with Gasteiger partial charge in [0.25, 0.3) is 5.69 Å². The number of fused-ring (bicyclic) bond motifs is 1. The third-order valence-electron chi connectivity index (χ3n) is 4.40.